The maximum absolute atomic E-state index is 5.58. The number of ether oxygens (including phenoxy) is 1. The van der Waals surface area contributed by atoms with Crippen molar-refractivity contribution in [2.75, 3.05) is 19.8 Å². The van der Waals surface area contributed by atoms with Gasteiger partial charge in [0.1, 0.15) is 0 Å². The lowest BCUT2D eigenvalue weighted by Crippen LogP contribution is -2.39. The summed E-state index contributed by atoms with van der Waals surface area (Å²) in [6.45, 7) is 10.4. The molecule has 2 rings (SSSR count). The smallest absolute Gasteiger partial charge is 0.0624 e. The Labute approximate surface area is 122 Å². The average molecular weight is 279 g/mol. The van der Waals surface area contributed by atoms with Gasteiger partial charge in [0.05, 0.1) is 12.3 Å². The van der Waals surface area contributed by atoms with Crippen LogP contribution >= 0.6 is 0 Å². The van der Waals surface area contributed by atoms with Gasteiger partial charge >= 0.3 is 0 Å². The molecule has 0 saturated carbocycles. The molecule has 1 saturated heterocycles. The standard InChI is InChI=1S/C16H29N3O/c1-4-8-17-16(13-7-9-20-12-13)11-15-10-14(5-2)18-19(15)6-3/h10,13,16-17H,4-9,11-12H2,1-3H3. The number of hydrogen-bond acceptors (Lipinski definition) is 3. The molecule has 1 aliphatic rings. The van der Waals surface area contributed by atoms with Crippen molar-refractivity contribution in [2.45, 2.75) is 59.0 Å². The van der Waals surface area contributed by atoms with Gasteiger partial charge in [0.25, 0.3) is 0 Å². The minimum Gasteiger partial charge on any atom is -0.381 e. The summed E-state index contributed by atoms with van der Waals surface area (Å²) in [6.07, 6.45) is 4.44. The first-order valence-corrected chi connectivity index (χ1v) is 8.15. The van der Waals surface area contributed by atoms with Gasteiger partial charge in [-0.2, -0.15) is 5.10 Å². The van der Waals surface area contributed by atoms with Crippen LogP contribution in [0.2, 0.25) is 0 Å². The van der Waals surface area contributed by atoms with Crippen LogP contribution in [-0.4, -0.2) is 35.6 Å². The number of hydrogen-bond donors (Lipinski definition) is 1. The zero-order valence-electron chi connectivity index (χ0n) is 13.2. The molecule has 1 aromatic rings. The van der Waals surface area contributed by atoms with E-state index in [9.17, 15) is 0 Å². The molecule has 1 aliphatic heterocycles. The normalized spacial score (nSPS) is 20.4. The van der Waals surface area contributed by atoms with Crippen LogP contribution in [0.25, 0.3) is 0 Å². The molecule has 0 bridgehead atoms. The maximum Gasteiger partial charge on any atom is 0.0624 e. The third-order valence-electron chi connectivity index (χ3n) is 4.20. The van der Waals surface area contributed by atoms with Gasteiger partial charge in [-0.05, 0) is 38.8 Å². The third kappa shape index (κ3) is 3.83. The van der Waals surface area contributed by atoms with Gasteiger partial charge in [-0.1, -0.05) is 13.8 Å². The molecule has 0 aliphatic carbocycles. The Morgan fingerprint density at radius 3 is 2.90 bits per heavy atom. The van der Waals surface area contributed by atoms with E-state index in [1.807, 2.05) is 0 Å². The van der Waals surface area contributed by atoms with E-state index in [-0.39, 0.29) is 0 Å². The Bertz CT molecular complexity index is 396. The monoisotopic (exact) mass is 279 g/mol. The van der Waals surface area contributed by atoms with Crippen LogP contribution in [-0.2, 0) is 24.1 Å². The second-order valence-electron chi connectivity index (χ2n) is 5.68. The highest BCUT2D eigenvalue weighted by atomic mass is 16.5. The number of nitrogens with zero attached hydrogens (tertiary/aromatic N) is 2. The van der Waals surface area contributed by atoms with E-state index in [0.717, 1.165) is 39.1 Å². The highest BCUT2D eigenvalue weighted by molar-refractivity contribution is 5.12. The number of rotatable bonds is 8. The zero-order valence-corrected chi connectivity index (χ0v) is 13.2. The first-order chi connectivity index (χ1) is 9.78. The van der Waals surface area contributed by atoms with Crippen molar-refractivity contribution in [1.29, 1.82) is 0 Å². The van der Waals surface area contributed by atoms with Crippen molar-refractivity contribution < 1.29 is 4.74 Å². The van der Waals surface area contributed by atoms with Gasteiger partial charge in [-0.25, -0.2) is 0 Å². The summed E-state index contributed by atoms with van der Waals surface area (Å²) in [4.78, 5) is 0. The number of aryl methyl sites for hydroxylation is 2. The summed E-state index contributed by atoms with van der Waals surface area (Å²) in [5.41, 5.74) is 2.57. The SMILES string of the molecule is CCCNC(Cc1cc(CC)nn1CC)C1CCOC1. The summed E-state index contributed by atoms with van der Waals surface area (Å²) in [7, 11) is 0. The van der Waals surface area contributed by atoms with E-state index in [1.54, 1.807) is 0 Å². The van der Waals surface area contributed by atoms with Crippen molar-refractivity contribution in [2.24, 2.45) is 5.92 Å². The lowest BCUT2D eigenvalue weighted by atomic mass is 9.94. The summed E-state index contributed by atoms with van der Waals surface area (Å²) in [6, 6.07) is 2.80. The molecule has 2 atom stereocenters. The largest absolute Gasteiger partial charge is 0.381 e. The van der Waals surface area contributed by atoms with E-state index >= 15 is 0 Å². The maximum atomic E-state index is 5.58. The zero-order chi connectivity index (χ0) is 14.4. The van der Waals surface area contributed by atoms with Crippen LogP contribution in [0.5, 0.6) is 0 Å². The van der Waals surface area contributed by atoms with Crippen LogP contribution in [0.1, 0.15) is 45.0 Å². The van der Waals surface area contributed by atoms with Gasteiger partial charge < -0.3 is 10.1 Å². The predicted octanol–water partition coefficient (Wildman–Crippen LogP) is 2.41. The van der Waals surface area contributed by atoms with Gasteiger partial charge in [-0.15, -0.1) is 0 Å². The van der Waals surface area contributed by atoms with Crippen molar-refractivity contribution in [3.63, 3.8) is 0 Å². The minimum atomic E-state index is 0.518. The molecule has 0 amide bonds. The van der Waals surface area contributed by atoms with Crippen molar-refractivity contribution >= 4 is 0 Å². The quantitative estimate of drug-likeness (QED) is 0.794. The predicted molar refractivity (Wildman–Crippen MR) is 82.0 cm³/mol. The number of aromatic nitrogens is 2. The second kappa shape index (κ2) is 7.79. The molecule has 1 aromatic heterocycles. The van der Waals surface area contributed by atoms with Gasteiger partial charge in [-0.3, -0.25) is 4.68 Å². The number of nitrogens with one attached hydrogen (secondary N) is 1. The van der Waals surface area contributed by atoms with Crippen LogP contribution < -0.4 is 5.32 Å². The van der Waals surface area contributed by atoms with Crippen LogP contribution in [0.4, 0.5) is 0 Å². The molecule has 4 nitrogen and oxygen atoms in total. The summed E-state index contributed by atoms with van der Waals surface area (Å²) in [5, 5.41) is 8.38. The van der Waals surface area contributed by atoms with Crippen LogP contribution in [0.15, 0.2) is 6.07 Å². The molecule has 2 heterocycles. The minimum absolute atomic E-state index is 0.518. The molecule has 4 heteroatoms. The van der Waals surface area contributed by atoms with Crippen molar-refractivity contribution in [1.82, 2.24) is 15.1 Å². The van der Waals surface area contributed by atoms with E-state index in [0.29, 0.717) is 12.0 Å². The lowest BCUT2D eigenvalue weighted by molar-refractivity contribution is 0.176. The molecular formula is C16H29N3O. The molecule has 0 aromatic carbocycles. The third-order valence-corrected chi connectivity index (χ3v) is 4.20. The highest BCUT2D eigenvalue weighted by Gasteiger charge is 2.26. The molecule has 2 unspecified atom stereocenters. The fourth-order valence-corrected chi connectivity index (χ4v) is 2.96. The molecule has 1 N–H and O–H groups in total. The van der Waals surface area contributed by atoms with E-state index in [1.165, 1.54) is 24.2 Å². The lowest BCUT2D eigenvalue weighted by Gasteiger charge is -2.24. The first kappa shape index (κ1) is 15.5. The molecule has 0 radical (unpaired) electrons. The second-order valence-corrected chi connectivity index (χ2v) is 5.68. The Morgan fingerprint density at radius 2 is 2.30 bits per heavy atom. The van der Waals surface area contributed by atoms with E-state index in [4.69, 9.17) is 4.74 Å². The van der Waals surface area contributed by atoms with Crippen LogP contribution in [0.3, 0.4) is 0 Å². The Balaban J connectivity index is 2.07. The van der Waals surface area contributed by atoms with Crippen LogP contribution in [0, 0.1) is 5.92 Å². The first-order valence-electron chi connectivity index (χ1n) is 8.15. The average Bonchev–Trinajstić information content (AvgIpc) is 3.12. The van der Waals surface area contributed by atoms with E-state index < -0.39 is 0 Å². The summed E-state index contributed by atoms with van der Waals surface area (Å²) >= 11 is 0. The molecular weight excluding hydrogens is 250 g/mol. The Kier molecular flexibility index (Phi) is 6.05. The Hall–Kier alpha value is -0.870. The topological polar surface area (TPSA) is 39.1 Å². The van der Waals surface area contributed by atoms with Crippen molar-refractivity contribution in [3.05, 3.63) is 17.5 Å². The Morgan fingerprint density at radius 1 is 1.45 bits per heavy atom. The van der Waals surface area contributed by atoms with Gasteiger partial charge in [0, 0.05) is 37.2 Å². The molecule has 114 valence electrons. The van der Waals surface area contributed by atoms with Crippen molar-refractivity contribution in [3.8, 4) is 0 Å². The summed E-state index contributed by atoms with van der Waals surface area (Å²) < 4.78 is 7.74. The molecule has 0 spiro atoms. The fourth-order valence-electron chi connectivity index (χ4n) is 2.96. The van der Waals surface area contributed by atoms with Gasteiger partial charge in [0.15, 0.2) is 0 Å². The molecule has 1 fully saturated rings. The summed E-state index contributed by atoms with van der Waals surface area (Å²) in [5.74, 6) is 0.645. The molecule has 20 heavy (non-hydrogen) atoms. The fraction of sp³-hybridized carbons (Fsp3) is 0.812. The van der Waals surface area contributed by atoms with E-state index in [2.05, 4.69) is 41.9 Å². The van der Waals surface area contributed by atoms with Gasteiger partial charge in [0.2, 0.25) is 0 Å². The highest BCUT2D eigenvalue weighted by Crippen LogP contribution is 2.20.